The number of carbonyl (C=O) groups excluding carboxylic acids is 1. The molecule has 2 aromatic rings. The lowest BCUT2D eigenvalue weighted by atomic mass is 10.2. The average molecular weight is 344 g/mol. The van der Waals surface area contributed by atoms with Crippen molar-refractivity contribution in [3.63, 3.8) is 0 Å². The van der Waals surface area contributed by atoms with E-state index in [1.165, 1.54) is 13.2 Å². The van der Waals surface area contributed by atoms with E-state index in [-0.39, 0.29) is 11.5 Å². The van der Waals surface area contributed by atoms with Crippen LogP contribution in [-0.2, 0) is 4.79 Å². The third kappa shape index (κ3) is 4.54. The van der Waals surface area contributed by atoms with Crippen molar-refractivity contribution in [2.24, 2.45) is 0 Å². The number of methoxy groups -OCH3 is 1. The average Bonchev–Trinajstić information content (AvgIpc) is 2.97. The summed E-state index contributed by atoms with van der Waals surface area (Å²) in [4.78, 5) is 15.4. The van der Waals surface area contributed by atoms with Gasteiger partial charge < -0.3 is 19.4 Å². The number of carbonyl (C=O) groups is 1. The molecule has 0 saturated heterocycles. The molecule has 1 aromatic heterocycles. The van der Waals surface area contributed by atoms with Crippen LogP contribution in [0.25, 0.3) is 6.08 Å². The number of H-pyrrole nitrogens is 1. The minimum atomic E-state index is -1.32. The minimum Gasteiger partial charge on any atom is -0.544 e. The van der Waals surface area contributed by atoms with Crippen molar-refractivity contribution in [3.8, 4) is 23.8 Å². The van der Waals surface area contributed by atoms with Crippen molar-refractivity contribution >= 4 is 23.8 Å². The van der Waals surface area contributed by atoms with Gasteiger partial charge in [0.05, 0.1) is 13.1 Å². The van der Waals surface area contributed by atoms with Gasteiger partial charge in [-0.2, -0.15) is 0 Å². The van der Waals surface area contributed by atoms with Gasteiger partial charge in [0, 0.05) is 4.91 Å². The highest BCUT2D eigenvalue weighted by atomic mass is 32.2. The molecule has 1 aromatic carbocycles. The molecular formula is C16H14N3O4S-. The summed E-state index contributed by atoms with van der Waals surface area (Å²) in [5, 5.41) is 18.2. The van der Waals surface area contributed by atoms with Crippen LogP contribution in [-0.4, -0.2) is 34.9 Å². The summed E-state index contributed by atoms with van der Waals surface area (Å²) in [6.07, 6.45) is 6.60. The fourth-order valence-electron chi connectivity index (χ4n) is 1.76. The maximum atomic E-state index is 11.3. The second-order valence-electron chi connectivity index (χ2n) is 4.50. The van der Waals surface area contributed by atoms with E-state index in [0.29, 0.717) is 28.0 Å². The number of nitrogens with one attached hydrogen (secondary N) is 1. The van der Waals surface area contributed by atoms with Gasteiger partial charge in [0.25, 0.3) is 0 Å². The molecule has 24 heavy (non-hydrogen) atoms. The zero-order valence-electron chi connectivity index (χ0n) is 13.0. The number of ether oxygens (including phenoxy) is 2. The van der Waals surface area contributed by atoms with E-state index in [9.17, 15) is 9.90 Å². The van der Waals surface area contributed by atoms with Crippen LogP contribution < -0.4 is 14.6 Å². The zero-order valence-corrected chi connectivity index (χ0v) is 13.8. The van der Waals surface area contributed by atoms with Crippen LogP contribution in [0, 0.1) is 19.3 Å². The Labute approximate surface area is 143 Å². The number of aryl methyl sites for hydroxylation is 1. The third-order valence-corrected chi connectivity index (χ3v) is 3.65. The molecule has 8 heteroatoms. The van der Waals surface area contributed by atoms with Gasteiger partial charge in [0.2, 0.25) is 5.16 Å². The van der Waals surface area contributed by atoms with Gasteiger partial charge in [0.15, 0.2) is 11.5 Å². The number of thioether (sulfide) groups is 1. The number of hydrogen-bond acceptors (Lipinski definition) is 7. The molecule has 0 aliphatic carbocycles. The number of aromatic amines is 1. The van der Waals surface area contributed by atoms with Crippen molar-refractivity contribution in [2.45, 2.75) is 12.1 Å². The standard InChI is InChI=1S/C16H15N3O4S/c1-4-7-23-12-6-5-11(8-13(12)22-3)9-14(15(20)21)24-16-17-10(2)18-19-16/h1,5-6,8-9H,7H2,2-3H3,(H,20,21)(H,17,18,19)/p-1/b14-9-. The molecule has 0 amide bonds. The number of rotatable bonds is 7. The van der Waals surface area contributed by atoms with E-state index in [2.05, 4.69) is 21.1 Å². The summed E-state index contributed by atoms with van der Waals surface area (Å²) in [5.41, 5.74) is 0.596. The quantitative estimate of drug-likeness (QED) is 0.454. The van der Waals surface area contributed by atoms with Crippen molar-refractivity contribution in [1.29, 1.82) is 0 Å². The molecule has 0 saturated carbocycles. The SMILES string of the molecule is C#CCOc1ccc(/C=C(\Sc2n[nH]c(C)n2)C(=O)[O-])cc1OC. The number of aromatic nitrogens is 3. The normalized spacial score (nSPS) is 11.0. The maximum absolute atomic E-state index is 11.3. The second-order valence-corrected chi connectivity index (χ2v) is 5.51. The topological polar surface area (TPSA) is 100 Å². The largest absolute Gasteiger partial charge is 0.544 e. The molecule has 1 heterocycles. The molecule has 0 aliphatic heterocycles. The molecule has 0 radical (unpaired) electrons. The lowest BCUT2D eigenvalue weighted by Crippen LogP contribution is -2.23. The number of hydrogen-bond donors (Lipinski definition) is 1. The zero-order chi connectivity index (χ0) is 17.5. The Morgan fingerprint density at radius 3 is 2.88 bits per heavy atom. The smallest absolute Gasteiger partial charge is 0.213 e. The Morgan fingerprint density at radius 2 is 2.29 bits per heavy atom. The summed E-state index contributed by atoms with van der Waals surface area (Å²) in [7, 11) is 1.48. The predicted octanol–water partition coefficient (Wildman–Crippen LogP) is 1.02. The van der Waals surface area contributed by atoms with Crippen LogP contribution >= 0.6 is 11.8 Å². The molecule has 0 atom stereocenters. The molecule has 0 unspecified atom stereocenters. The molecular weight excluding hydrogens is 330 g/mol. The highest BCUT2D eigenvalue weighted by Gasteiger charge is 2.09. The fourth-order valence-corrected chi connectivity index (χ4v) is 2.51. The summed E-state index contributed by atoms with van der Waals surface area (Å²) in [5.74, 6) is 2.54. The molecule has 0 aliphatic rings. The van der Waals surface area contributed by atoms with Crippen LogP contribution in [0.2, 0.25) is 0 Å². The lowest BCUT2D eigenvalue weighted by Gasteiger charge is -2.10. The van der Waals surface area contributed by atoms with Crippen molar-refractivity contribution in [2.75, 3.05) is 13.7 Å². The molecule has 1 N–H and O–H groups in total. The predicted molar refractivity (Wildman–Crippen MR) is 87.3 cm³/mol. The first kappa shape index (κ1) is 17.4. The Morgan fingerprint density at radius 1 is 1.50 bits per heavy atom. The second kappa shape index (κ2) is 8.08. The maximum Gasteiger partial charge on any atom is 0.213 e. The molecule has 0 fully saturated rings. The summed E-state index contributed by atoms with van der Waals surface area (Å²) < 4.78 is 10.6. The van der Waals surface area contributed by atoms with E-state index >= 15 is 0 Å². The first-order valence-corrected chi connectivity index (χ1v) is 7.59. The van der Waals surface area contributed by atoms with E-state index in [0.717, 1.165) is 11.8 Å². The summed E-state index contributed by atoms with van der Waals surface area (Å²) in [6.45, 7) is 1.83. The summed E-state index contributed by atoms with van der Waals surface area (Å²) in [6, 6.07) is 4.97. The first-order chi connectivity index (χ1) is 11.5. The van der Waals surface area contributed by atoms with Crippen LogP contribution in [0.4, 0.5) is 0 Å². The molecule has 0 spiro atoms. The minimum absolute atomic E-state index is 0.0339. The highest BCUT2D eigenvalue weighted by Crippen LogP contribution is 2.31. The number of carboxylic acid groups (broad SMARTS) is 1. The molecule has 124 valence electrons. The van der Waals surface area contributed by atoms with Gasteiger partial charge in [-0.15, -0.1) is 11.5 Å². The molecule has 0 bridgehead atoms. The van der Waals surface area contributed by atoms with Crippen LogP contribution in [0.3, 0.4) is 0 Å². The van der Waals surface area contributed by atoms with Gasteiger partial charge in [-0.25, -0.2) is 4.98 Å². The van der Waals surface area contributed by atoms with Crippen LogP contribution in [0.15, 0.2) is 28.3 Å². The van der Waals surface area contributed by atoms with Gasteiger partial charge in [0.1, 0.15) is 12.4 Å². The van der Waals surface area contributed by atoms with Gasteiger partial charge in [-0.1, -0.05) is 12.0 Å². The Bertz CT molecular complexity index is 808. The third-order valence-electron chi connectivity index (χ3n) is 2.78. The van der Waals surface area contributed by atoms with Crippen molar-refractivity contribution in [1.82, 2.24) is 15.2 Å². The number of nitrogens with zero attached hydrogens (tertiary/aromatic N) is 2. The fraction of sp³-hybridized carbons (Fsp3) is 0.188. The van der Waals surface area contributed by atoms with Crippen LogP contribution in [0.1, 0.15) is 11.4 Å². The van der Waals surface area contributed by atoms with Gasteiger partial charge in [-0.3, -0.25) is 5.10 Å². The Balaban J connectivity index is 2.28. The van der Waals surface area contributed by atoms with Crippen LogP contribution in [0.5, 0.6) is 11.5 Å². The van der Waals surface area contributed by atoms with E-state index < -0.39 is 5.97 Å². The Hall–Kier alpha value is -2.92. The molecule has 7 nitrogen and oxygen atoms in total. The monoisotopic (exact) mass is 344 g/mol. The number of benzene rings is 1. The van der Waals surface area contributed by atoms with E-state index in [1.807, 2.05) is 0 Å². The van der Waals surface area contributed by atoms with Crippen molar-refractivity contribution in [3.05, 3.63) is 34.5 Å². The highest BCUT2D eigenvalue weighted by molar-refractivity contribution is 8.04. The Kier molecular flexibility index (Phi) is 5.87. The molecule has 2 rings (SSSR count). The lowest BCUT2D eigenvalue weighted by molar-refractivity contribution is -0.297. The van der Waals surface area contributed by atoms with E-state index in [1.54, 1.807) is 25.1 Å². The van der Waals surface area contributed by atoms with Crippen molar-refractivity contribution < 1.29 is 19.4 Å². The van der Waals surface area contributed by atoms with Gasteiger partial charge in [-0.05, 0) is 42.5 Å². The number of terminal acetylenes is 1. The number of carboxylic acids is 1. The van der Waals surface area contributed by atoms with E-state index in [4.69, 9.17) is 15.9 Å². The number of aliphatic carboxylic acids is 1. The van der Waals surface area contributed by atoms with Gasteiger partial charge >= 0.3 is 0 Å². The first-order valence-electron chi connectivity index (χ1n) is 6.77. The summed E-state index contributed by atoms with van der Waals surface area (Å²) >= 11 is 0.891.